The Bertz CT molecular complexity index is 1230. The van der Waals surface area contributed by atoms with E-state index in [-0.39, 0.29) is 41.0 Å². The lowest BCUT2D eigenvalue weighted by atomic mass is 10.2. The molecule has 0 unspecified atom stereocenters. The zero-order valence-electron chi connectivity index (χ0n) is 15.8. The molecule has 2 aromatic carbocycles. The quantitative estimate of drug-likeness (QED) is 0.417. The van der Waals surface area contributed by atoms with Gasteiger partial charge in [-0.1, -0.05) is 0 Å². The Labute approximate surface area is 180 Å². The molecule has 0 saturated carbocycles. The van der Waals surface area contributed by atoms with Crippen LogP contribution in [-0.4, -0.2) is 37.6 Å². The molecule has 0 bridgehead atoms. The minimum Gasteiger partial charge on any atom is -0.489 e. The Hall–Kier alpha value is -3.51. The van der Waals surface area contributed by atoms with Crippen molar-refractivity contribution < 1.29 is 27.6 Å². The van der Waals surface area contributed by atoms with Crippen molar-refractivity contribution in [2.24, 2.45) is 0 Å². The van der Waals surface area contributed by atoms with E-state index in [4.69, 9.17) is 9.47 Å². The summed E-state index contributed by atoms with van der Waals surface area (Å²) >= 11 is 1.25. The number of non-ortho nitro benzene ring substituents is 1. The number of nitro groups is 1. The molecule has 0 radical (unpaired) electrons. The van der Waals surface area contributed by atoms with Crippen molar-refractivity contribution in [2.45, 2.75) is 10.6 Å². The summed E-state index contributed by atoms with van der Waals surface area (Å²) in [5, 5.41) is 12.9. The van der Waals surface area contributed by atoms with Crippen LogP contribution >= 0.6 is 11.3 Å². The van der Waals surface area contributed by atoms with Crippen molar-refractivity contribution in [2.75, 3.05) is 18.1 Å². The van der Waals surface area contributed by atoms with Crippen LogP contribution in [0.1, 0.15) is 5.01 Å². The Morgan fingerprint density at radius 2 is 2.03 bits per heavy atom. The second kappa shape index (κ2) is 8.32. The Morgan fingerprint density at radius 3 is 2.71 bits per heavy atom. The number of fused-ring (bicyclic) bond motifs is 1. The molecule has 31 heavy (non-hydrogen) atoms. The number of sulfone groups is 1. The Morgan fingerprint density at radius 1 is 1.26 bits per heavy atom. The third-order valence-electron chi connectivity index (χ3n) is 4.42. The van der Waals surface area contributed by atoms with E-state index >= 15 is 0 Å². The summed E-state index contributed by atoms with van der Waals surface area (Å²) in [6, 6.07) is 9.38. The number of rotatable bonds is 5. The number of benzene rings is 2. The van der Waals surface area contributed by atoms with Gasteiger partial charge in [0.05, 0.1) is 22.1 Å². The molecule has 4 rings (SSSR count). The van der Waals surface area contributed by atoms with Gasteiger partial charge in [0.2, 0.25) is 0 Å². The Balaban J connectivity index is 1.54. The number of thiazole rings is 1. The SMILES string of the molecule is O=C(Oc1ccc([N+](=O)[O-])cc1)N1CCOc2cc(S(=O)(=O)Cc3nccs3)ccc21. The highest BCUT2D eigenvalue weighted by Gasteiger charge is 2.28. The summed E-state index contributed by atoms with van der Waals surface area (Å²) in [4.78, 5) is 28.2. The molecule has 3 aromatic rings. The average Bonchev–Trinajstić information content (AvgIpc) is 3.25. The van der Waals surface area contributed by atoms with E-state index in [1.807, 2.05) is 0 Å². The lowest BCUT2D eigenvalue weighted by Gasteiger charge is -2.29. The van der Waals surface area contributed by atoms with Crippen molar-refractivity contribution in [3.05, 3.63) is 69.2 Å². The molecule has 0 fully saturated rings. The van der Waals surface area contributed by atoms with Gasteiger partial charge in [0.15, 0.2) is 9.84 Å². The second-order valence-electron chi connectivity index (χ2n) is 6.43. The maximum atomic E-state index is 12.7. The van der Waals surface area contributed by atoms with Gasteiger partial charge in [-0.25, -0.2) is 18.2 Å². The highest BCUT2D eigenvalue weighted by molar-refractivity contribution is 7.90. The molecule has 1 aliphatic rings. The lowest BCUT2D eigenvalue weighted by molar-refractivity contribution is -0.384. The fourth-order valence-electron chi connectivity index (χ4n) is 2.95. The van der Waals surface area contributed by atoms with Crippen LogP contribution in [-0.2, 0) is 15.6 Å². The fourth-order valence-corrected chi connectivity index (χ4v) is 5.21. The van der Waals surface area contributed by atoms with Gasteiger partial charge in [-0.3, -0.25) is 15.0 Å². The molecular weight excluding hydrogens is 446 g/mol. The highest BCUT2D eigenvalue weighted by atomic mass is 32.2. The van der Waals surface area contributed by atoms with E-state index < -0.39 is 20.9 Å². The molecule has 0 atom stereocenters. The predicted octanol–water partition coefficient (Wildman–Crippen LogP) is 3.42. The summed E-state index contributed by atoms with van der Waals surface area (Å²) in [6.45, 7) is 0.350. The topological polar surface area (TPSA) is 129 Å². The number of amides is 1. The minimum atomic E-state index is -3.64. The maximum absolute atomic E-state index is 12.7. The van der Waals surface area contributed by atoms with Crippen LogP contribution in [0, 0.1) is 10.1 Å². The summed E-state index contributed by atoms with van der Waals surface area (Å²) in [7, 11) is -3.64. The smallest absolute Gasteiger partial charge is 0.419 e. The van der Waals surface area contributed by atoms with Gasteiger partial charge in [-0.2, -0.15) is 0 Å². The molecule has 10 nitrogen and oxygen atoms in total. The van der Waals surface area contributed by atoms with Crippen LogP contribution in [0.5, 0.6) is 11.5 Å². The van der Waals surface area contributed by atoms with Crippen molar-refractivity contribution in [1.29, 1.82) is 0 Å². The van der Waals surface area contributed by atoms with Crippen LogP contribution < -0.4 is 14.4 Å². The maximum Gasteiger partial charge on any atom is 0.419 e. The molecule has 0 N–H and O–H groups in total. The van der Waals surface area contributed by atoms with Gasteiger partial charge in [-0.15, -0.1) is 11.3 Å². The molecule has 0 spiro atoms. The third-order valence-corrected chi connectivity index (χ3v) is 7.01. The van der Waals surface area contributed by atoms with E-state index in [1.165, 1.54) is 58.7 Å². The number of hydrogen-bond acceptors (Lipinski definition) is 9. The number of hydrogen-bond donors (Lipinski definition) is 0. The number of ether oxygens (including phenoxy) is 2. The number of anilines is 1. The van der Waals surface area contributed by atoms with E-state index in [0.29, 0.717) is 10.7 Å². The van der Waals surface area contributed by atoms with Gasteiger partial charge in [0.1, 0.15) is 28.9 Å². The Kier molecular flexibility index (Phi) is 5.57. The molecule has 1 amide bonds. The van der Waals surface area contributed by atoms with Crippen molar-refractivity contribution in [3.63, 3.8) is 0 Å². The van der Waals surface area contributed by atoms with Crippen LogP contribution in [0.4, 0.5) is 16.2 Å². The van der Waals surface area contributed by atoms with E-state index in [2.05, 4.69) is 4.98 Å². The molecule has 1 aliphatic heterocycles. The van der Waals surface area contributed by atoms with Gasteiger partial charge >= 0.3 is 6.09 Å². The molecule has 2 heterocycles. The van der Waals surface area contributed by atoms with Gasteiger partial charge in [0.25, 0.3) is 5.69 Å². The number of aromatic nitrogens is 1. The standard InChI is InChI=1S/C19H15N3O7S2/c23-19(29-14-3-1-13(2-4-14)22(24)25)21-8-9-28-17-11-15(5-6-16(17)21)31(26,27)12-18-20-7-10-30-18/h1-7,10-11H,8-9,12H2. The summed E-state index contributed by atoms with van der Waals surface area (Å²) in [5.74, 6) is 0.161. The minimum absolute atomic E-state index is 0.0621. The van der Waals surface area contributed by atoms with Crippen LogP contribution in [0.3, 0.4) is 0 Å². The van der Waals surface area contributed by atoms with Gasteiger partial charge in [-0.05, 0) is 24.3 Å². The zero-order chi connectivity index (χ0) is 22.0. The largest absolute Gasteiger partial charge is 0.489 e. The van der Waals surface area contributed by atoms with E-state index in [1.54, 1.807) is 11.6 Å². The first-order chi connectivity index (χ1) is 14.8. The predicted molar refractivity (Wildman–Crippen MR) is 111 cm³/mol. The second-order valence-corrected chi connectivity index (χ2v) is 9.40. The van der Waals surface area contributed by atoms with Crippen molar-refractivity contribution in [1.82, 2.24) is 4.98 Å². The number of carbonyl (C=O) groups excluding carboxylic acids is 1. The summed E-state index contributed by atoms with van der Waals surface area (Å²) in [5.41, 5.74) is 0.245. The zero-order valence-corrected chi connectivity index (χ0v) is 17.5. The number of carbonyl (C=O) groups is 1. The third kappa shape index (κ3) is 4.49. The normalized spacial score (nSPS) is 13.2. The van der Waals surface area contributed by atoms with E-state index in [0.717, 1.165) is 0 Å². The van der Waals surface area contributed by atoms with E-state index in [9.17, 15) is 23.3 Å². The molecule has 0 aliphatic carbocycles. The summed E-state index contributed by atoms with van der Waals surface area (Å²) < 4.78 is 36.2. The van der Waals surface area contributed by atoms with Crippen LogP contribution in [0.2, 0.25) is 0 Å². The monoisotopic (exact) mass is 461 g/mol. The molecule has 0 saturated heterocycles. The van der Waals surface area contributed by atoms with Crippen LogP contribution in [0.15, 0.2) is 58.9 Å². The fraction of sp³-hybridized carbons (Fsp3) is 0.158. The highest BCUT2D eigenvalue weighted by Crippen LogP contribution is 2.35. The van der Waals surface area contributed by atoms with Gasteiger partial charge < -0.3 is 9.47 Å². The number of nitro benzene ring substituents is 1. The summed E-state index contributed by atoms with van der Waals surface area (Å²) in [6.07, 6.45) is 0.830. The average molecular weight is 461 g/mol. The molecule has 12 heteroatoms. The first-order valence-corrected chi connectivity index (χ1v) is 11.5. The van der Waals surface area contributed by atoms with Crippen molar-refractivity contribution >= 4 is 38.6 Å². The lowest BCUT2D eigenvalue weighted by Crippen LogP contribution is -2.39. The molecule has 160 valence electrons. The first kappa shape index (κ1) is 20.8. The molecule has 1 aromatic heterocycles. The van der Waals surface area contributed by atoms with Gasteiger partial charge in [0, 0.05) is 29.8 Å². The van der Waals surface area contributed by atoms with Crippen molar-refractivity contribution in [3.8, 4) is 11.5 Å². The first-order valence-electron chi connectivity index (χ1n) is 8.95. The number of nitrogens with zero attached hydrogens (tertiary/aromatic N) is 3. The van der Waals surface area contributed by atoms with Crippen LogP contribution in [0.25, 0.3) is 0 Å². The molecular formula is C19H15N3O7S2.